The van der Waals surface area contributed by atoms with Crippen LogP contribution in [0.4, 0.5) is 23.7 Å². The van der Waals surface area contributed by atoms with Gasteiger partial charge in [-0.1, -0.05) is 29.8 Å². The number of nitrogens with one attached hydrogen (secondary N) is 1. The molecular weight excluding hydrogens is 409 g/mol. The summed E-state index contributed by atoms with van der Waals surface area (Å²) in [7, 11) is 0. The Labute approximate surface area is 171 Å². The van der Waals surface area contributed by atoms with E-state index in [1.165, 1.54) is 18.2 Å². The number of halogens is 4. The van der Waals surface area contributed by atoms with Gasteiger partial charge in [0.2, 0.25) is 0 Å². The van der Waals surface area contributed by atoms with E-state index in [0.717, 1.165) is 12.8 Å². The second kappa shape index (κ2) is 9.37. The topological polar surface area (TPSA) is 50.8 Å². The Morgan fingerprint density at radius 2 is 2.00 bits per heavy atom. The number of nitrogens with zero attached hydrogens (tertiary/aromatic N) is 1. The van der Waals surface area contributed by atoms with Crippen LogP contribution in [0.15, 0.2) is 48.5 Å². The molecule has 3 rings (SSSR count). The molecule has 0 radical (unpaired) electrons. The molecule has 156 valence electrons. The maximum absolute atomic E-state index is 12.5. The number of benzene rings is 2. The van der Waals surface area contributed by atoms with Gasteiger partial charge in [0.1, 0.15) is 5.75 Å². The number of piperidine rings is 1. The molecule has 0 unspecified atom stereocenters. The van der Waals surface area contributed by atoms with Gasteiger partial charge in [0.05, 0.1) is 12.7 Å². The predicted octanol–water partition coefficient (Wildman–Crippen LogP) is 5.45. The van der Waals surface area contributed by atoms with Crippen molar-refractivity contribution in [2.24, 2.45) is 0 Å². The van der Waals surface area contributed by atoms with E-state index >= 15 is 0 Å². The van der Waals surface area contributed by atoms with Crippen molar-refractivity contribution in [2.75, 3.05) is 18.4 Å². The first-order chi connectivity index (χ1) is 13.8. The van der Waals surface area contributed by atoms with Crippen LogP contribution in [0.3, 0.4) is 0 Å². The van der Waals surface area contributed by atoms with Gasteiger partial charge in [0, 0.05) is 23.8 Å². The first-order valence-corrected chi connectivity index (χ1v) is 9.44. The fourth-order valence-electron chi connectivity index (χ4n) is 3.07. The highest BCUT2D eigenvalue weighted by atomic mass is 35.5. The Hall–Kier alpha value is -2.45. The minimum atomic E-state index is -4.74. The number of urea groups is 1. The van der Waals surface area contributed by atoms with Gasteiger partial charge in [-0.2, -0.15) is 0 Å². The highest BCUT2D eigenvalue weighted by Gasteiger charge is 2.31. The average Bonchev–Trinajstić information content (AvgIpc) is 2.65. The van der Waals surface area contributed by atoms with Crippen LogP contribution in [0.25, 0.3) is 0 Å². The fraction of sp³-hybridized carbons (Fsp3) is 0.350. The Balaban J connectivity index is 1.52. The van der Waals surface area contributed by atoms with E-state index in [2.05, 4.69) is 10.1 Å². The largest absolute Gasteiger partial charge is 0.573 e. The van der Waals surface area contributed by atoms with Crippen LogP contribution in [0.1, 0.15) is 18.4 Å². The van der Waals surface area contributed by atoms with Crippen LogP contribution in [0, 0.1) is 0 Å². The first kappa shape index (κ1) is 21.3. The Morgan fingerprint density at radius 3 is 2.76 bits per heavy atom. The van der Waals surface area contributed by atoms with Gasteiger partial charge in [-0.05, 0) is 48.7 Å². The van der Waals surface area contributed by atoms with Crippen molar-refractivity contribution in [3.8, 4) is 5.75 Å². The highest BCUT2D eigenvalue weighted by molar-refractivity contribution is 6.30. The molecule has 1 aliphatic rings. The van der Waals surface area contributed by atoms with Crippen LogP contribution in [-0.2, 0) is 11.3 Å². The molecule has 2 aromatic rings. The van der Waals surface area contributed by atoms with Crippen LogP contribution in [0.5, 0.6) is 5.75 Å². The van der Waals surface area contributed by atoms with E-state index in [1.54, 1.807) is 35.2 Å². The third-order valence-corrected chi connectivity index (χ3v) is 4.59. The van der Waals surface area contributed by atoms with Gasteiger partial charge in [-0.15, -0.1) is 13.2 Å². The van der Waals surface area contributed by atoms with E-state index < -0.39 is 6.36 Å². The van der Waals surface area contributed by atoms with Gasteiger partial charge < -0.3 is 19.7 Å². The van der Waals surface area contributed by atoms with E-state index in [-0.39, 0.29) is 24.5 Å². The summed E-state index contributed by atoms with van der Waals surface area (Å²) in [6.45, 7) is 1.12. The SMILES string of the molecule is O=C(Nc1cccc(Cl)c1)N1CCC[C@H](OCc2cccc(OC(F)(F)F)c2)C1. The quantitative estimate of drug-likeness (QED) is 0.688. The van der Waals surface area contributed by atoms with E-state index in [9.17, 15) is 18.0 Å². The molecule has 1 fully saturated rings. The number of likely N-dealkylation sites (tertiary alicyclic amines) is 1. The summed E-state index contributed by atoms with van der Waals surface area (Å²) in [5, 5.41) is 3.33. The molecular formula is C20H20ClF3N2O3. The summed E-state index contributed by atoms with van der Waals surface area (Å²) >= 11 is 5.93. The van der Waals surface area contributed by atoms with Crippen molar-refractivity contribution in [2.45, 2.75) is 31.9 Å². The molecule has 0 aliphatic carbocycles. The third-order valence-electron chi connectivity index (χ3n) is 4.36. The number of alkyl halides is 3. The van der Waals surface area contributed by atoms with Crippen molar-refractivity contribution >= 4 is 23.3 Å². The van der Waals surface area contributed by atoms with Gasteiger partial charge in [0.25, 0.3) is 0 Å². The number of amides is 2. The number of anilines is 1. The second-order valence-corrected chi connectivity index (χ2v) is 7.09. The predicted molar refractivity (Wildman–Crippen MR) is 103 cm³/mol. The van der Waals surface area contributed by atoms with E-state index in [1.807, 2.05) is 0 Å². The van der Waals surface area contributed by atoms with Crippen molar-refractivity contribution in [1.82, 2.24) is 4.90 Å². The molecule has 9 heteroatoms. The maximum atomic E-state index is 12.5. The molecule has 1 heterocycles. The number of ether oxygens (including phenoxy) is 2. The number of hydrogen-bond acceptors (Lipinski definition) is 3. The van der Waals surface area contributed by atoms with Crippen molar-refractivity contribution in [3.63, 3.8) is 0 Å². The van der Waals surface area contributed by atoms with Gasteiger partial charge in [0.15, 0.2) is 0 Å². The number of carbonyl (C=O) groups excluding carboxylic acids is 1. The lowest BCUT2D eigenvalue weighted by molar-refractivity contribution is -0.274. The third kappa shape index (κ3) is 6.83. The summed E-state index contributed by atoms with van der Waals surface area (Å²) < 4.78 is 46.8. The van der Waals surface area contributed by atoms with E-state index in [0.29, 0.717) is 29.4 Å². The zero-order valence-corrected chi connectivity index (χ0v) is 16.2. The monoisotopic (exact) mass is 428 g/mol. The summed E-state index contributed by atoms with van der Waals surface area (Å²) in [5.41, 5.74) is 1.17. The van der Waals surface area contributed by atoms with Crippen molar-refractivity contribution in [1.29, 1.82) is 0 Å². The lowest BCUT2D eigenvalue weighted by atomic mass is 10.1. The molecule has 5 nitrogen and oxygen atoms in total. The molecule has 1 aliphatic heterocycles. The average molecular weight is 429 g/mol. The number of carbonyl (C=O) groups is 1. The normalized spacial score (nSPS) is 17.1. The van der Waals surface area contributed by atoms with Crippen molar-refractivity contribution < 1.29 is 27.4 Å². The minimum Gasteiger partial charge on any atom is -0.406 e. The summed E-state index contributed by atoms with van der Waals surface area (Å²) in [4.78, 5) is 14.1. The summed E-state index contributed by atoms with van der Waals surface area (Å²) in [6, 6.07) is 12.3. The molecule has 29 heavy (non-hydrogen) atoms. The van der Waals surface area contributed by atoms with Gasteiger partial charge in [-0.3, -0.25) is 0 Å². The zero-order chi connectivity index (χ0) is 20.9. The highest BCUT2D eigenvalue weighted by Crippen LogP contribution is 2.24. The standard InChI is InChI=1S/C20H20ClF3N2O3/c21-15-5-2-6-16(11-15)25-19(27)26-9-3-8-18(12-26)28-13-14-4-1-7-17(10-14)29-20(22,23)24/h1-2,4-7,10-11,18H,3,8-9,12-13H2,(H,25,27)/t18-/m0/s1. The van der Waals surface area contributed by atoms with Crippen LogP contribution in [0.2, 0.25) is 5.02 Å². The summed E-state index contributed by atoms with van der Waals surface area (Å²) in [5.74, 6) is -0.287. The van der Waals surface area contributed by atoms with Crippen LogP contribution >= 0.6 is 11.6 Å². The van der Waals surface area contributed by atoms with Crippen LogP contribution in [-0.4, -0.2) is 36.5 Å². The molecule has 1 N–H and O–H groups in total. The Bertz CT molecular complexity index is 848. The Kier molecular flexibility index (Phi) is 6.87. The van der Waals surface area contributed by atoms with Gasteiger partial charge in [-0.25, -0.2) is 4.79 Å². The molecule has 0 saturated carbocycles. The second-order valence-electron chi connectivity index (χ2n) is 6.66. The first-order valence-electron chi connectivity index (χ1n) is 9.06. The number of rotatable bonds is 5. The Morgan fingerprint density at radius 1 is 1.21 bits per heavy atom. The fourth-order valence-corrected chi connectivity index (χ4v) is 3.26. The lowest BCUT2D eigenvalue weighted by Crippen LogP contribution is -2.45. The minimum absolute atomic E-state index is 0.128. The molecule has 1 atom stereocenters. The summed E-state index contributed by atoms with van der Waals surface area (Å²) in [6.07, 6.45) is -3.41. The molecule has 0 aromatic heterocycles. The molecule has 0 spiro atoms. The molecule has 1 saturated heterocycles. The van der Waals surface area contributed by atoms with Gasteiger partial charge >= 0.3 is 12.4 Å². The molecule has 0 bridgehead atoms. The maximum Gasteiger partial charge on any atom is 0.573 e. The van der Waals surface area contributed by atoms with E-state index in [4.69, 9.17) is 16.3 Å². The van der Waals surface area contributed by atoms with Crippen molar-refractivity contribution in [3.05, 3.63) is 59.1 Å². The lowest BCUT2D eigenvalue weighted by Gasteiger charge is -2.32. The number of hydrogen-bond donors (Lipinski definition) is 1. The molecule has 2 aromatic carbocycles. The molecule has 2 amide bonds. The zero-order valence-electron chi connectivity index (χ0n) is 15.4. The smallest absolute Gasteiger partial charge is 0.406 e. The van der Waals surface area contributed by atoms with Crippen LogP contribution < -0.4 is 10.1 Å².